The van der Waals surface area contributed by atoms with Crippen LogP contribution in [0.5, 0.6) is 0 Å². The number of carbonyl (C=O) groups is 2. The Labute approximate surface area is 220 Å². The van der Waals surface area contributed by atoms with Crippen molar-refractivity contribution in [1.29, 1.82) is 0 Å². The molecule has 0 spiro atoms. The molecule has 4 aromatic carbocycles. The number of thiazole rings is 1. The van der Waals surface area contributed by atoms with Crippen LogP contribution < -0.4 is 10.6 Å². The summed E-state index contributed by atoms with van der Waals surface area (Å²) in [6.07, 6.45) is 1.00. The van der Waals surface area contributed by atoms with Gasteiger partial charge in [-0.15, -0.1) is 11.3 Å². The van der Waals surface area contributed by atoms with E-state index in [0.29, 0.717) is 18.7 Å². The molecule has 37 heavy (non-hydrogen) atoms. The minimum atomic E-state index is -0.117. The zero-order chi connectivity index (χ0) is 25.5. The van der Waals surface area contributed by atoms with Gasteiger partial charge in [-0.2, -0.15) is 0 Å². The van der Waals surface area contributed by atoms with Crippen LogP contribution in [-0.4, -0.2) is 23.3 Å². The molecule has 6 heteroatoms. The highest BCUT2D eigenvalue weighted by atomic mass is 32.1. The second-order valence-corrected chi connectivity index (χ2v) is 9.92. The SMILES string of the molecule is O=C(Cc1nc2ccc(-c3ccccc3)cc2s1)NCc1cccc(C(=O)NCCc2ccccc2)c1. The zero-order valence-corrected chi connectivity index (χ0v) is 21.1. The van der Waals surface area contributed by atoms with Crippen LogP contribution in [0.4, 0.5) is 0 Å². The molecule has 0 aliphatic rings. The van der Waals surface area contributed by atoms with E-state index in [2.05, 4.69) is 39.9 Å². The Bertz CT molecular complexity index is 1510. The monoisotopic (exact) mass is 505 g/mol. The normalized spacial score (nSPS) is 10.8. The molecule has 5 rings (SSSR count). The van der Waals surface area contributed by atoms with Crippen molar-refractivity contribution in [2.24, 2.45) is 0 Å². The minimum Gasteiger partial charge on any atom is -0.352 e. The number of hydrogen-bond donors (Lipinski definition) is 2. The Balaban J connectivity index is 1.14. The maximum Gasteiger partial charge on any atom is 0.251 e. The Morgan fingerprint density at radius 3 is 2.30 bits per heavy atom. The lowest BCUT2D eigenvalue weighted by Crippen LogP contribution is -2.26. The van der Waals surface area contributed by atoms with Crippen molar-refractivity contribution in [2.45, 2.75) is 19.4 Å². The number of rotatable bonds is 9. The quantitative estimate of drug-likeness (QED) is 0.266. The van der Waals surface area contributed by atoms with Gasteiger partial charge in [-0.3, -0.25) is 9.59 Å². The number of nitrogens with zero attached hydrogens (tertiary/aromatic N) is 1. The third-order valence-electron chi connectivity index (χ3n) is 6.07. The summed E-state index contributed by atoms with van der Waals surface area (Å²) >= 11 is 1.54. The van der Waals surface area contributed by atoms with E-state index in [0.717, 1.165) is 38.3 Å². The molecular weight excluding hydrogens is 478 g/mol. The fraction of sp³-hybridized carbons (Fsp3) is 0.129. The number of carbonyl (C=O) groups excluding carboxylic acids is 2. The van der Waals surface area contributed by atoms with Crippen LogP contribution in [-0.2, 0) is 24.2 Å². The lowest BCUT2D eigenvalue weighted by Gasteiger charge is -2.08. The van der Waals surface area contributed by atoms with E-state index in [1.54, 1.807) is 17.4 Å². The molecule has 5 aromatic rings. The molecule has 1 aromatic heterocycles. The maximum absolute atomic E-state index is 12.6. The largest absolute Gasteiger partial charge is 0.352 e. The predicted octanol–water partition coefficient (Wildman–Crippen LogP) is 5.79. The summed E-state index contributed by atoms with van der Waals surface area (Å²) in [5.41, 5.74) is 5.84. The predicted molar refractivity (Wildman–Crippen MR) is 150 cm³/mol. The number of amides is 2. The van der Waals surface area contributed by atoms with E-state index in [9.17, 15) is 9.59 Å². The van der Waals surface area contributed by atoms with Gasteiger partial charge < -0.3 is 10.6 Å². The molecule has 0 aliphatic heterocycles. The van der Waals surface area contributed by atoms with Gasteiger partial charge in [-0.1, -0.05) is 78.9 Å². The summed E-state index contributed by atoms with van der Waals surface area (Å²) in [6.45, 7) is 0.922. The van der Waals surface area contributed by atoms with Gasteiger partial charge in [0.15, 0.2) is 0 Å². The van der Waals surface area contributed by atoms with Gasteiger partial charge >= 0.3 is 0 Å². The average molecular weight is 506 g/mol. The van der Waals surface area contributed by atoms with E-state index >= 15 is 0 Å². The molecule has 0 saturated heterocycles. The molecule has 0 bridgehead atoms. The first-order valence-electron chi connectivity index (χ1n) is 12.3. The summed E-state index contributed by atoms with van der Waals surface area (Å²) in [4.78, 5) is 29.8. The van der Waals surface area contributed by atoms with Crippen LogP contribution in [0.3, 0.4) is 0 Å². The standard InChI is InChI=1S/C31H27N3O2S/c35-29(20-30-34-27-15-14-25(19-28(27)37-30)24-11-5-2-6-12-24)33-21-23-10-7-13-26(18-23)31(36)32-17-16-22-8-3-1-4-9-22/h1-15,18-19H,16-17,20-21H2,(H,32,36)(H,33,35). The van der Waals surface area contributed by atoms with Crippen LogP contribution in [0, 0.1) is 0 Å². The number of benzene rings is 4. The number of fused-ring (bicyclic) bond motifs is 1. The first-order chi connectivity index (χ1) is 18.1. The Morgan fingerprint density at radius 2 is 1.49 bits per heavy atom. The van der Waals surface area contributed by atoms with Crippen molar-refractivity contribution < 1.29 is 9.59 Å². The molecule has 2 amide bonds. The third kappa shape index (κ3) is 6.48. The highest BCUT2D eigenvalue weighted by Gasteiger charge is 2.11. The summed E-state index contributed by atoms with van der Waals surface area (Å²) in [5, 5.41) is 6.70. The fourth-order valence-corrected chi connectivity index (χ4v) is 5.15. The summed E-state index contributed by atoms with van der Waals surface area (Å²) in [6, 6.07) is 33.8. The molecule has 2 N–H and O–H groups in total. The van der Waals surface area contributed by atoms with Crippen molar-refractivity contribution >= 4 is 33.4 Å². The van der Waals surface area contributed by atoms with Gasteiger partial charge in [-0.25, -0.2) is 4.98 Å². The van der Waals surface area contributed by atoms with Gasteiger partial charge in [0.05, 0.1) is 16.6 Å². The van der Waals surface area contributed by atoms with Gasteiger partial charge in [-0.05, 0) is 52.9 Å². The molecule has 0 fully saturated rings. The van der Waals surface area contributed by atoms with Crippen LogP contribution in [0.25, 0.3) is 21.3 Å². The second-order valence-electron chi connectivity index (χ2n) is 8.80. The number of aromatic nitrogens is 1. The topological polar surface area (TPSA) is 71.1 Å². The Kier molecular flexibility index (Phi) is 7.67. The lowest BCUT2D eigenvalue weighted by atomic mass is 10.1. The first-order valence-corrected chi connectivity index (χ1v) is 13.1. The number of hydrogen-bond acceptors (Lipinski definition) is 4. The number of nitrogens with one attached hydrogen (secondary N) is 2. The summed E-state index contributed by atoms with van der Waals surface area (Å²) in [7, 11) is 0. The summed E-state index contributed by atoms with van der Waals surface area (Å²) in [5.74, 6) is -0.214. The molecule has 0 aliphatic carbocycles. The van der Waals surface area contributed by atoms with Crippen molar-refractivity contribution in [3.63, 3.8) is 0 Å². The van der Waals surface area contributed by atoms with E-state index in [1.165, 1.54) is 5.56 Å². The Hall–Kier alpha value is -4.29. The maximum atomic E-state index is 12.6. The smallest absolute Gasteiger partial charge is 0.251 e. The van der Waals surface area contributed by atoms with Crippen molar-refractivity contribution in [3.05, 3.63) is 125 Å². The van der Waals surface area contributed by atoms with Crippen molar-refractivity contribution in [2.75, 3.05) is 6.54 Å². The van der Waals surface area contributed by atoms with E-state index in [-0.39, 0.29) is 18.2 Å². The van der Waals surface area contributed by atoms with Crippen molar-refractivity contribution in [1.82, 2.24) is 15.6 Å². The van der Waals surface area contributed by atoms with Crippen LogP contribution in [0.1, 0.15) is 26.5 Å². The van der Waals surface area contributed by atoms with Crippen LogP contribution in [0.2, 0.25) is 0 Å². The third-order valence-corrected chi connectivity index (χ3v) is 7.09. The lowest BCUT2D eigenvalue weighted by molar-refractivity contribution is -0.120. The Morgan fingerprint density at radius 1 is 0.730 bits per heavy atom. The first kappa shape index (κ1) is 24.4. The van der Waals surface area contributed by atoms with Gasteiger partial charge in [0, 0.05) is 18.7 Å². The molecule has 1 heterocycles. The minimum absolute atomic E-state index is 0.0972. The molecular formula is C31H27N3O2S. The van der Waals surface area contributed by atoms with Gasteiger partial charge in [0.1, 0.15) is 5.01 Å². The molecule has 0 atom stereocenters. The van der Waals surface area contributed by atoms with E-state index in [4.69, 9.17) is 0 Å². The molecule has 0 saturated carbocycles. The molecule has 0 unspecified atom stereocenters. The molecule has 184 valence electrons. The van der Waals surface area contributed by atoms with E-state index < -0.39 is 0 Å². The van der Waals surface area contributed by atoms with Crippen molar-refractivity contribution in [3.8, 4) is 11.1 Å². The zero-order valence-electron chi connectivity index (χ0n) is 20.3. The molecule has 5 nitrogen and oxygen atoms in total. The molecule has 0 radical (unpaired) electrons. The van der Waals surface area contributed by atoms with Crippen LogP contribution in [0.15, 0.2) is 103 Å². The van der Waals surface area contributed by atoms with Gasteiger partial charge in [0.25, 0.3) is 5.91 Å². The fourth-order valence-electron chi connectivity index (χ4n) is 4.15. The highest BCUT2D eigenvalue weighted by molar-refractivity contribution is 7.18. The highest BCUT2D eigenvalue weighted by Crippen LogP contribution is 2.28. The van der Waals surface area contributed by atoms with Crippen LogP contribution >= 0.6 is 11.3 Å². The average Bonchev–Trinajstić information content (AvgIpc) is 3.34. The van der Waals surface area contributed by atoms with E-state index in [1.807, 2.05) is 72.8 Å². The van der Waals surface area contributed by atoms with Gasteiger partial charge in [0.2, 0.25) is 5.91 Å². The second kappa shape index (κ2) is 11.6. The summed E-state index contributed by atoms with van der Waals surface area (Å²) < 4.78 is 1.06.